The number of benzene rings is 1. The van der Waals surface area contributed by atoms with Crippen LogP contribution in [-0.4, -0.2) is 39.0 Å². The predicted molar refractivity (Wildman–Crippen MR) is 101 cm³/mol. The van der Waals surface area contributed by atoms with Crippen molar-refractivity contribution in [1.82, 2.24) is 20.0 Å². The summed E-state index contributed by atoms with van der Waals surface area (Å²) in [7, 11) is 0. The van der Waals surface area contributed by atoms with Gasteiger partial charge in [-0.15, -0.1) is 0 Å². The fraction of sp³-hybridized carbons (Fsp3) is 0.333. The molecule has 150 valence electrons. The van der Waals surface area contributed by atoms with Crippen LogP contribution >= 0.6 is 0 Å². The van der Waals surface area contributed by atoms with Gasteiger partial charge in [-0.25, -0.2) is 18.7 Å². The second kappa shape index (κ2) is 7.69. The first kappa shape index (κ1) is 19.2. The Morgan fingerprint density at radius 1 is 1.17 bits per heavy atom. The van der Waals surface area contributed by atoms with E-state index in [0.717, 1.165) is 48.0 Å². The van der Waals surface area contributed by atoms with Crippen molar-refractivity contribution in [2.75, 3.05) is 13.1 Å². The summed E-state index contributed by atoms with van der Waals surface area (Å²) in [5.41, 5.74) is 2.29. The fourth-order valence-corrected chi connectivity index (χ4v) is 3.72. The van der Waals surface area contributed by atoms with Crippen molar-refractivity contribution in [2.24, 2.45) is 0 Å². The fourth-order valence-electron chi connectivity index (χ4n) is 3.72. The van der Waals surface area contributed by atoms with Gasteiger partial charge in [0.25, 0.3) is 5.91 Å². The number of amides is 1. The molecule has 0 bridgehead atoms. The van der Waals surface area contributed by atoms with Crippen molar-refractivity contribution < 1.29 is 18.1 Å². The summed E-state index contributed by atoms with van der Waals surface area (Å²) < 4.78 is 32.5. The van der Waals surface area contributed by atoms with Gasteiger partial charge in [-0.3, -0.25) is 4.79 Å². The zero-order valence-electron chi connectivity index (χ0n) is 16.2. The standard InChI is InChI=1S/C21H20F2N4O2/c1-12-6-19(29-26-12)18-10-24-13(2)25-20(18)14-4-3-5-27(11-14)21(28)15-7-16(22)9-17(23)8-15/h6-10,14H,3-5,11H2,1-2H3. The highest BCUT2D eigenvalue weighted by Crippen LogP contribution is 2.33. The molecule has 6 nitrogen and oxygen atoms in total. The minimum absolute atomic E-state index is 0.00750. The average Bonchev–Trinajstić information content (AvgIpc) is 3.13. The smallest absolute Gasteiger partial charge is 0.254 e. The lowest BCUT2D eigenvalue weighted by Gasteiger charge is -2.33. The third-order valence-corrected chi connectivity index (χ3v) is 5.04. The second-order valence-electron chi connectivity index (χ2n) is 7.30. The maximum atomic E-state index is 13.5. The van der Waals surface area contributed by atoms with Crippen LogP contribution < -0.4 is 0 Å². The highest BCUT2D eigenvalue weighted by Gasteiger charge is 2.29. The third-order valence-electron chi connectivity index (χ3n) is 5.04. The average molecular weight is 398 g/mol. The van der Waals surface area contributed by atoms with Gasteiger partial charge in [0.05, 0.1) is 17.0 Å². The van der Waals surface area contributed by atoms with Crippen molar-refractivity contribution in [3.05, 3.63) is 64.9 Å². The summed E-state index contributed by atoms with van der Waals surface area (Å²) in [4.78, 5) is 23.4. The maximum Gasteiger partial charge on any atom is 0.254 e. The van der Waals surface area contributed by atoms with Gasteiger partial charge in [0.15, 0.2) is 5.76 Å². The van der Waals surface area contributed by atoms with Crippen LogP contribution in [0.4, 0.5) is 8.78 Å². The van der Waals surface area contributed by atoms with Gasteiger partial charge in [-0.1, -0.05) is 5.16 Å². The van der Waals surface area contributed by atoms with E-state index >= 15 is 0 Å². The molecule has 1 unspecified atom stereocenters. The van der Waals surface area contributed by atoms with Crippen molar-refractivity contribution >= 4 is 5.91 Å². The van der Waals surface area contributed by atoms with Crippen LogP contribution in [0.25, 0.3) is 11.3 Å². The zero-order chi connectivity index (χ0) is 20.5. The lowest BCUT2D eigenvalue weighted by atomic mass is 9.91. The molecule has 0 radical (unpaired) electrons. The molecule has 1 aliphatic heterocycles. The molecule has 1 amide bonds. The molecule has 0 spiro atoms. The van der Waals surface area contributed by atoms with E-state index in [1.165, 1.54) is 0 Å². The van der Waals surface area contributed by atoms with Crippen LogP contribution in [0.15, 0.2) is 35.0 Å². The summed E-state index contributed by atoms with van der Waals surface area (Å²) in [6.45, 7) is 4.56. The van der Waals surface area contributed by atoms with E-state index in [2.05, 4.69) is 15.1 Å². The van der Waals surface area contributed by atoms with Crippen molar-refractivity contribution in [3.63, 3.8) is 0 Å². The lowest BCUT2D eigenvalue weighted by molar-refractivity contribution is 0.0705. The number of carbonyl (C=O) groups excluding carboxylic acids is 1. The highest BCUT2D eigenvalue weighted by atomic mass is 19.1. The molecule has 0 N–H and O–H groups in total. The van der Waals surface area contributed by atoms with E-state index in [1.807, 2.05) is 13.0 Å². The van der Waals surface area contributed by atoms with E-state index in [9.17, 15) is 13.6 Å². The van der Waals surface area contributed by atoms with Crippen molar-refractivity contribution in [1.29, 1.82) is 0 Å². The highest BCUT2D eigenvalue weighted by molar-refractivity contribution is 5.94. The Labute approximate surface area is 166 Å². The Hall–Kier alpha value is -3.16. The van der Waals surface area contributed by atoms with Crippen LogP contribution in [0.2, 0.25) is 0 Å². The van der Waals surface area contributed by atoms with Gasteiger partial charge >= 0.3 is 0 Å². The molecule has 8 heteroatoms. The number of nitrogens with zero attached hydrogens (tertiary/aromatic N) is 4. The van der Waals surface area contributed by atoms with Gasteiger partial charge in [0.1, 0.15) is 17.5 Å². The number of aryl methyl sites for hydroxylation is 2. The quantitative estimate of drug-likeness (QED) is 0.666. The van der Waals surface area contributed by atoms with Gasteiger partial charge in [0.2, 0.25) is 0 Å². The number of halogens is 2. The number of aromatic nitrogens is 3. The molecule has 3 heterocycles. The topological polar surface area (TPSA) is 72.1 Å². The molecular formula is C21H20F2N4O2. The Morgan fingerprint density at radius 2 is 1.93 bits per heavy atom. The first-order valence-corrected chi connectivity index (χ1v) is 9.43. The Bertz CT molecular complexity index is 1050. The molecule has 3 aromatic rings. The monoisotopic (exact) mass is 398 g/mol. The minimum Gasteiger partial charge on any atom is -0.356 e. The third kappa shape index (κ3) is 4.01. The molecule has 1 saturated heterocycles. The maximum absolute atomic E-state index is 13.5. The van der Waals surface area contributed by atoms with Crippen molar-refractivity contribution in [3.8, 4) is 11.3 Å². The summed E-state index contributed by atoms with van der Waals surface area (Å²) >= 11 is 0. The summed E-state index contributed by atoms with van der Waals surface area (Å²) in [6, 6.07) is 4.70. The Kier molecular flexibility index (Phi) is 5.08. The van der Waals surface area contributed by atoms with Gasteiger partial charge in [0, 0.05) is 42.9 Å². The minimum atomic E-state index is -0.767. The summed E-state index contributed by atoms with van der Waals surface area (Å²) in [6.07, 6.45) is 3.30. The number of likely N-dealkylation sites (tertiary alicyclic amines) is 1. The predicted octanol–water partition coefficient (Wildman–Crippen LogP) is 4.05. The Balaban J connectivity index is 1.63. The van der Waals surface area contributed by atoms with Crippen LogP contribution in [0.5, 0.6) is 0 Å². The molecule has 1 fully saturated rings. The molecule has 0 aliphatic carbocycles. The largest absolute Gasteiger partial charge is 0.356 e. The number of hydrogen-bond donors (Lipinski definition) is 0. The van der Waals surface area contributed by atoms with Gasteiger partial charge in [-0.2, -0.15) is 0 Å². The number of rotatable bonds is 3. The van der Waals surface area contributed by atoms with E-state index < -0.39 is 17.5 Å². The molecule has 1 aromatic carbocycles. The first-order valence-electron chi connectivity index (χ1n) is 9.43. The normalized spacial score (nSPS) is 16.8. The molecule has 4 rings (SSSR count). The molecule has 1 atom stereocenters. The van der Waals surface area contributed by atoms with Crippen molar-refractivity contribution in [2.45, 2.75) is 32.6 Å². The van der Waals surface area contributed by atoms with E-state index in [4.69, 9.17) is 4.52 Å². The SMILES string of the molecule is Cc1cc(-c2cnc(C)nc2C2CCCN(C(=O)c3cc(F)cc(F)c3)C2)on1. The van der Waals surface area contributed by atoms with Crippen LogP contribution in [-0.2, 0) is 0 Å². The molecule has 1 aliphatic rings. The van der Waals surface area contributed by atoms with Crippen LogP contribution in [0.1, 0.15) is 46.3 Å². The zero-order valence-corrected chi connectivity index (χ0v) is 16.2. The van der Waals surface area contributed by atoms with E-state index in [0.29, 0.717) is 24.7 Å². The molecule has 29 heavy (non-hydrogen) atoms. The molecular weight excluding hydrogens is 378 g/mol. The number of carbonyl (C=O) groups is 1. The molecule has 2 aromatic heterocycles. The summed E-state index contributed by atoms with van der Waals surface area (Å²) in [5.74, 6) is -0.777. The van der Waals surface area contributed by atoms with Gasteiger partial charge in [-0.05, 0) is 38.8 Å². The number of hydrogen-bond acceptors (Lipinski definition) is 5. The number of piperidine rings is 1. The van der Waals surface area contributed by atoms with Gasteiger partial charge < -0.3 is 9.42 Å². The van der Waals surface area contributed by atoms with E-state index in [1.54, 1.807) is 18.0 Å². The second-order valence-corrected chi connectivity index (χ2v) is 7.30. The van der Waals surface area contributed by atoms with E-state index in [-0.39, 0.29) is 11.5 Å². The Morgan fingerprint density at radius 3 is 2.62 bits per heavy atom. The lowest BCUT2D eigenvalue weighted by Crippen LogP contribution is -2.39. The summed E-state index contributed by atoms with van der Waals surface area (Å²) in [5, 5.41) is 3.93. The first-order chi connectivity index (χ1) is 13.9. The van der Waals surface area contributed by atoms with Crippen LogP contribution in [0.3, 0.4) is 0 Å². The van der Waals surface area contributed by atoms with Crippen LogP contribution in [0, 0.1) is 25.5 Å². The molecule has 0 saturated carbocycles.